The van der Waals surface area contributed by atoms with Crippen LogP contribution < -0.4 is 0 Å². The molecule has 3 N–H and O–H groups in total. The Morgan fingerprint density at radius 2 is 1.58 bits per heavy atom. The van der Waals surface area contributed by atoms with Gasteiger partial charge in [-0.25, -0.2) is 0 Å². The van der Waals surface area contributed by atoms with Crippen molar-refractivity contribution in [2.24, 2.45) is 0 Å². The number of ether oxygens (including phenoxy) is 1. The summed E-state index contributed by atoms with van der Waals surface area (Å²) >= 11 is 0. The first-order chi connectivity index (χ1) is 11.5. The molecule has 5 nitrogen and oxygen atoms in total. The molecule has 0 radical (unpaired) electrons. The maximum atomic E-state index is 10.9. The van der Waals surface area contributed by atoms with E-state index in [-0.39, 0.29) is 12.1 Å². The Kier molecular flexibility index (Phi) is 15.0. The molecule has 0 aliphatic heterocycles. The molecule has 0 aliphatic carbocycles. The van der Waals surface area contributed by atoms with Gasteiger partial charge in [0, 0.05) is 6.42 Å². The Morgan fingerprint density at radius 3 is 2.25 bits per heavy atom. The van der Waals surface area contributed by atoms with Crippen LogP contribution in [-0.4, -0.2) is 46.7 Å². The summed E-state index contributed by atoms with van der Waals surface area (Å²) in [5.74, 6) is -0.135. The van der Waals surface area contributed by atoms with Crippen molar-refractivity contribution in [1.82, 2.24) is 0 Å². The van der Waals surface area contributed by atoms with Gasteiger partial charge in [0.2, 0.25) is 0 Å². The molecule has 0 saturated carbocycles. The lowest BCUT2D eigenvalue weighted by atomic mass is 10.0. The van der Waals surface area contributed by atoms with E-state index < -0.39 is 12.2 Å². The molecule has 0 fully saturated rings. The fourth-order valence-corrected chi connectivity index (χ4v) is 2.49. The Labute approximate surface area is 146 Å². The molecule has 0 rings (SSSR count). The summed E-state index contributed by atoms with van der Waals surface area (Å²) in [7, 11) is 1.42. The number of carbonyl (C=O) groups is 1. The maximum Gasteiger partial charge on any atom is 0.305 e. The second kappa shape index (κ2) is 15.6. The third-order valence-corrected chi connectivity index (χ3v) is 4.09. The van der Waals surface area contributed by atoms with Crippen LogP contribution in [-0.2, 0) is 9.53 Å². The summed E-state index contributed by atoms with van der Waals surface area (Å²) in [5, 5.41) is 28.8. The lowest BCUT2D eigenvalue weighted by Gasteiger charge is -2.16. The average molecular weight is 344 g/mol. The van der Waals surface area contributed by atoms with Gasteiger partial charge in [-0.05, 0) is 51.9 Å². The van der Waals surface area contributed by atoms with Crippen LogP contribution in [0.5, 0.6) is 0 Å². The SMILES string of the molecule is COC(=O)CCCCCCC/C=C\CC(O)C(O)CCCC(C)O. The molecular weight excluding hydrogens is 308 g/mol. The highest BCUT2D eigenvalue weighted by molar-refractivity contribution is 5.68. The predicted molar refractivity (Wildman–Crippen MR) is 95.6 cm³/mol. The number of allylic oxidation sites excluding steroid dienone is 1. The van der Waals surface area contributed by atoms with Crippen molar-refractivity contribution < 1.29 is 24.9 Å². The van der Waals surface area contributed by atoms with E-state index in [0.29, 0.717) is 25.7 Å². The number of carbonyl (C=O) groups excluding carboxylic acids is 1. The first kappa shape index (κ1) is 23.1. The standard InChI is InChI=1S/C19H36O5/c1-16(20)12-11-14-18(22)17(21)13-9-7-5-3-4-6-8-10-15-19(23)24-2/h7,9,16-18,20-22H,3-6,8,10-15H2,1-2H3/b9-7-. The molecule has 0 heterocycles. The Balaban J connectivity index is 3.49. The van der Waals surface area contributed by atoms with Crippen molar-refractivity contribution in [3.8, 4) is 0 Å². The van der Waals surface area contributed by atoms with Crippen LogP contribution in [0.3, 0.4) is 0 Å². The van der Waals surface area contributed by atoms with E-state index in [2.05, 4.69) is 10.8 Å². The molecule has 142 valence electrons. The van der Waals surface area contributed by atoms with Crippen LogP contribution in [0.25, 0.3) is 0 Å². The summed E-state index contributed by atoms with van der Waals surface area (Å²) in [4.78, 5) is 10.9. The van der Waals surface area contributed by atoms with Gasteiger partial charge in [0.25, 0.3) is 0 Å². The lowest BCUT2D eigenvalue weighted by molar-refractivity contribution is -0.140. The van der Waals surface area contributed by atoms with Gasteiger partial charge in [-0.15, -0.1) is 0 Å². The Morgan fingerprint density at radius 1 is 0.917 bits per heavy atom. The highest BCUT2D eigenvalue weighted by atomic mass is 16.5. The number of hydrogen-bond acceptors (Lipinski definition) is 5. The Bertz CT molecular complexity index is 328. The zero-order chi connectivity index (χ0) is 18.2. The van der Waals surface area contributed by atoms with Gasteiger partial charge in [0.05, 0.1) is 25.4 Å². The van der Waals surface area contributed by atoms with Crippen molar-refractivity contribution in [3.63, 3.8) is 0 Å². The van der Waals surface area contributed by atoms with Gasteiger partial charge >= 0.3 is 5.97 Å². The van der Waals surface area contributed by atoms with Gasteiger partial charge in [-0.1, -0.05) is 31.4 Å². The molecular formula is C19H36O5. The lowest BCUT2D eigenvalue weighted by Crippen LogP contribution is -2.25. The van der Waals surface area contributed by atoms with Crippen LogP contribution in [0.15, 0.2) is 12.2 Å². The van der Waals surface area contributed by atoms with Crippen LogP contribution in [0.1, 0.15) is 77.6 Å². The molecule has 3 unspecified atom stereocenters. The topological polar surface area (TPSA) is 87.0 Å². The molecule has 0 aliphatic rings. The van der Waals surface area contributed by atoms with Gasteiger partial charge < -0.3 is 20.1 Å². The second-order valence-corrected chi connectivity index (χ2v) is 6.50. The number of methoxy groups -OCH3 is 1. The van der Waals surface area contributed by atoms with E-state index in [1.165, 1.54) is 7.11 Å². The molecule has 0 aromatic heterocycles. The van der Waals surface area contributed by atoms with E-state index >= 15 is 0 Å². The summed E-state index contributed by atoms with van der Waals surface area (Å²) in [6.07, 6.45) is 11.3. The van der Waals surface area contributed by atoms with Crippen LogP contribution in [0.2, 0.25) is 0 Å². The van der Waals surface area contributed by atoms with Gasteiger partial charge in [-0.3, -0.25) is 4.79 Å². The van der Waals surface area contributed by atoms with Gasteiger partial charge in [0.1, 0.15) is 0 Å². The third-order valence-electron chi connectivity index (χ3n) is 4.09. The fourth-order valence-electron chi connectivity index (χ4n) is 2.49. The summed E-state index contributed by atoms with van der Waals surface area (Å²) in [6.45, 7) is 1.73. The molecule has 0 aromatic rings. The molecule has 3 atom stereocenters. The van der Waals surface area contributed by atoms with Crippen LogP contribution in [0, 0.1) is 0 Å². The van der Waals surface area contributed by atoms with Crippen molar-refractivity contribution in [3.05, 3.63) is 12.2 Å². The molecule has 0 bridgehead atoms. The minimum Gasteiger partial charge on any atom is -0.469 e. The van der Waals surface area contributed by atoms with E-state index in [1.807, 2.05) is 6.08 Å². The van der Waals surface area contributed by atoms with Gasteiger partial charge in [-0.2, -0.15) is 0 Å². The smallest absolute Gasteiger partial charge is 0.305 e. The number of aliphatic hydroxyl groups excluding tert-OH is 3. The van der Waals surface area contributed by atoms with Crippen LogP contribution >= 0.6 is 0 Å². The highest BCUT2D eigenvalue weighted by Crippen LogP contribution is 2.11. The molecule has 24 heavy (non-hydrogen) atoms. The van der Waals surface area contributed by atoms with E-state index in [4.69, 9.17) is 5.11 Å². The van der Waals surface area contributed by atoms with E-state index in [9.17, 15) is 15.0 Å². The Hall–Kier alpha value is -0.910. The number of aliphatic hydroxyl groups is 3. The van der Waals surface area contributed by atoms with Crippen molar-refractivity contribution >= 4 is 5.97 Å². The predicted octanol–water partition coefficient (Wildman–Crippen LogP) is 3.11. The maximum absolute atomic E-state index is 10.9. The zero-order valence-electron chi connectivity index (χ0n) is 15.3. The van der Waals surface area contributed by atoms with E-state index in [0.717, 1.165) is 44.9 Å². The van der Waals surface area contributed by atoms with Crippen molar-refractivity contribution in [2.45, 2.75) is 95.9 Å². The van der Waals surface area contributed by atoms with Crippen molar-refractivity contribution in [1.29, 1.82) is 0 Å². The largest absolute Gasteiger partial charge is 0.469 e. The van der Waals surface area contributed by atoms with Gasteiger partial charge in [0.15, 0.2) is 0 Å². The van der Waals surface area contributed by atoms with E-state index in [1.54, 1.807) is 6.92 Å². The number of esters is 1. The van der Waals surface area contributed by atoms with Crippen molar-refractivity contribution in [2.75, 3.05) is 7.11 Å². The molecule has 0 spiro atoms. The molecule has 0 amide bonds. The first-order valence-electron chi connectivity index (χ1n) is 9.23. The minimum atomic E-state index is -0.728. The summed E-state index contributed by atoms with van der Waals surface area (Å²) in [6, 6.07) is 0. The highest BCUT2D eigenvalue weighted by Gasteiger charge is 2.14. The normalized spacial score (nSPS) is 15.4. The number of rotatable bonds is 15. The third kappa shape index (κ3) is 14.7. The number of unbranched alkanes of at least 4 members (excludes halogenated alkanes) is 5. The molecule has 0 saturated heterocycles. The minimum absolute atomic E-state index is 0.135. The first-order valence-corrected chi connectivity index (χ1v) is 9.23. The fraction of sp³-hybridized carbons (Fsp3) is 0.842. The monoisotopic (exact) mass is 344 g/mol. The summed E-state index contributed by atoms with van der Waals surface area (Å²) in [5.41, 5.74) is 0. The quantitative estimate of drug-likeness (QED) is 0.241. The van der Waals surface area contributed by atoms with Crippen LogP contribution in [0.4, 0.5) is 0 Å². The average Bonchev–Trinajstić information content (AvgIpc) is 2.55. The molecule has 5 heteroatoms. The summed E-state index contributed by atoms with van der Waals surface area (Å²) < 4.78 is 4.59. The zero-order valence-corrected chi connectivity index (χ0v) is 15.3. The number of hydrogen-bond donors (Lipinski definition) is 3. The second-order valence-electron chi connectivity index (χ2n) is 6.50. The molecule has 0 aromatic carbocycles.